The number of sulfonamides is 1. The van der Waals surface area contributed by atoms with E-state index in [1.54, 1.807) is 0 Å². The lowest BCUT2D eigenvalue weighted by molar-refractivity contribution is -0.137. The zero-order chi connectivity index (χ0) is 16.3. The summed E-state index contributed by atoms with van der Waals surface area (Å²) in [6.45, 7) is 1.49. The maximum absolute atomic E-state index is 12.6. The highest BCUT2D eigenvalue weighted by molar-refractivity contribution is 7.93. The fraction of sp³-hybridized carbons (Fsp3) is 0.364. The summed E-state index contributed by atoms with van der Waals surface area (Å²) in [4.78, 5) is 11.6. The number of hydrogen-bond acceptors (Lipinski definition) is 4. The molecule has 0 aliphatic rings. The Labute approximate surface area is 124 Å². The van der Waals surface area contributed by atoms with E-state index in [1.165, 1.54) is 6.92 Å². The van der Waals surface area contributed by atoms with Crippen LogP contribution in [0.25, 0.3) is 0 Å². The molecule has 0 aliphatic carbocycles. The average molecular weight is 346 g/mol. The molecule has 0 heterocycles. The quantitative estimate of drug-likeness (QED) is 0.658. The van der Waals surface area contributed by atoms with Gasteiger partial charge in [0.1, 0.15) is 5.21 Å². The molecule has 0 fully saturated rings. The highest BCUT2D eigenvalue weighted by Crippen LogP contribution is 2.32. The van der Waals surface area contributed by atoms with Gasteiger partial charge in [-0.15, -0.1) is 11.6 Å². The van der Waals surface area contributed by atoms with E-state index in [1.807, 2.05) is 4.72 Å². The first-order valence-corrected chi connectivity index (χ1v) is 7.74. The second-order valence-corrected chi connectivity index (χ2v) is 6.11. The molecule has 0 bridgehead atoms. The van der Waals surface area contributed by atoms with Crippen molar-refractivity contribution in [3.63, 3.8) is 0 Å². The van der Waals surface area contributed by atoms with Crippen LogP contribution in [0.15, 0.2) is 18.2 Å². The first-order valence-electron chi connectivity index (χ1n) is 5.55. The third-order valence-electron chi connectivity index (χ3n) is 2.25. The lowest BCUT2D eigenvalue weighted by atomic mass is 10.1. The monoisotopic (exact) mass is 345 g/mol. The Morgan fingerprint density at radius 3 is 2.48 bits per heavy atom. The van der Waals surface area contributed by atoms with Gasteiger partial charge in [0.15, 0.2) is 0 Å². The van der Waals surface area contributed by atoms with Gasteiger partial charge in [0.2, 0.25) is 10.0 Å². The second kappa shape index (κ2) is 6.52. The molecule has 1 rings (SSSR count). The Balaban J connectivity index is 3.35. The van der Waals surface area contributed by atoms with Gasteiger partial charge >= 0.3 is 12.1 Å². The van der Waals surface area contributed by atoms with Gasteiger partial charge in [-0.25, -0.2) is 13.2 Å². The minimum atomic E-state index is -4.69. The van der Waals surface area contributed by atoms with Crippen LogP contribution in [-0.2, 0) is 20.9 Å². The van der Waals surface area contributed by atoms with Crippen LogP contribution in [-0.4, -0.2) is 26.2 Å². The Hall–Kier alpha value is -1.48. The molecule has 0 saturated heterocycles. The van der Waals surface area contributed by atoms with Crippen molar-refractivity contribution in [2.75, 3.05) is 16.5 Å². The number of nitrogens with one attached hydrogen (secondary N) is 1. The van der Waals surface area contributed by atoms with Crippen molar-refractivity contribution in [2.24, 2.45) is 0 Å². The second-order valence-electron chi connectivity index (χ2n) is 3.80. The molecule has 118 valence electrons. The fourth-order valence-corrected chi connectivity index (χ4v) is 2.11. The van der Waals surface area contributed by atoms with E-state index in [4.69, 9.17) is 11.6 Å². The van der Waals surface area contributed by atoms with Gasteiger partial charge < -0.3 is 4.74 Å². The average Bonchev–Trinajstić information content (AvgIpc) is 2.37. The predicted molar refractivity (Wildman–Crippen MR) is 70.7 cm³/mol. The molecular weight excluding hydrogens is 335 g/mol. The van der Waals surface area contributed by atoms with Crippen molar-refractivity contribution in [1.29, 1.82) is 0 Å². The summed E-state index contributed by atoms with van der Waals surface area (Å²) < 4.78 is 67.2. The number of carbonyl (C=O) groups is 1. The number of halogens is 4. The number of hydrogen-bond donors (Lipinski definition) is 1. The fourth-order valence-electron chi connectivity index (χ4n) is 1.39. The van der Waals surface area contributed by atoms with Crippen LogP contribution in [0.3, 0.4) is 0 Å². The summed E-state index contributed by atoms with van der Waals surface area (Å²) in [5.74, 6) is -0.946. The maximum atomic E-state index is 12.6. The van der Waals surface area contributed by atoms with E-state index >= 15 is 0 Å². The van der Waals surface area contributed by atoms with E-state index < -0.39 is 38.6 Å². The van der Waals surface area contributed by atoms with E-state index in [0.29, 0.717) is 12.1 Å². The van der Waals surface area contributed by atoms with Crippen LogP contribution >= 0.6 is 11.6 Å². The molecule has 0 aliphatic heterocycles. The molecule has 0 spiro atoms. The molecule has 5 nitrogen and oxygen atoms in total. The Bertz CT molecular complexity index is 631. The lowest BCUT2D eigenvalue weighted by Gasteiger charge is -2.14. The summed E-state index contributed by atoms with van der Waals surface area (Å²) >= 11 is 5.18. The molecule has 0 unspecified atom stereocenters. The van der Waals surface area contributed by atoms with Crippen molar-refractivity contribution >= 4 is 33.3 Å². The third kappa shape index (κ3) is 4.78. The van der Waals surface area contributed by atoms with Gasteiger partial charge in [0.25, 0.3) is 0 Å². The number of esters is 1. The maximum Gasteiger partial charge on any atom is 0.416 e. The molecule has 10 heteroatoms. The van der Waals surface area contributed by atoms with Gasteiger partial charge in [-0.05, 0) is 25.1 Å². The number of rotatable bonds is 5. The molecule has 0 saturated carbocycles. The van der Waals surface area contributed by atoms with Crippen molar-refractivity contribution in [1.82, 2.24) is 0 Å². The number of ether oxygens (including phenoxy) is 1. The standard InChI is InChI=1S/C11H11ClF3NO4S/c1-2-20-10(17)8-4-3-7(11(13,14)15)5-9(8)16-21(18,19)6-12/h3-5,16H,2,6H2,1H3. The molecule has 0 amide bonds. The first-order chi connectivity index (χ1) is 9.60. The third-order valence-corrected chi connectivity index (χ3v) is 3.93. The van der Waals surface area contributed by atoms with Crippen LogP contribution in [0.1, 0.15) is 22.8 Å². The molecular formula is C11H11ClF3NO4S. The van der Waals surface area contributed by atoms with Crippen molar-refractivity contribution in [3.05, 3.63) is 29.3 Å². The Morgan fingerprint density at radius 1 is 1.38 bits per heavy atom. The van der Waals surface area contributed by atoms with E-state index in [9.17, 15) is 26.4 Å². The van der Waals surface area contributed by atoms with Crippen molar-refractivity contribution in [3.8, 4) is 0 Å². The number of carbonyl (C=O) groups excluding carboxylic acids is 1. The van der Waals surface area contributed by atoms with Gasteiger partial charge in [-0.2, -0.15) is 13.2 Å². The zero-order valence-electron chi connectivity index (χ0n) is 10.7. The summed E-state index contributed by atoms with van der Waals surface area (Å²) in [6.07, 6.45) is -4.69. The SMILES string of the molecule is CCOC(=O)c1ccc(C(F)(F)F)cc1NS(=O)(=O)CCl. The largest absolute Gasteiger partial charge is 0.462 e. The normalized spacial score (nSPS) is 12.0. The number of alkyl halides is 4. The van der Waals surface area contributed by atoms with Crippen LogP contribution < -0.4 is 4.72 Å². The minimum absolute atomic E-state index is 0.0123. The Kier molecular flexibility index (Phi) is 5.46. The number of anilines is 1. The molecule has 1 N–H and O–H groups in total. The zero-order valence-corrected chi connectivity index (χ0v) is 12.3. The number of benzene rings is 1. The van der Waals surface area contributed by atoms with Crippen LogP contribution in [0.2, 0.25) is 0 Å². The van der Waals surface area contributed by atoms with Gasteiger partial charge in [-0.3, -0.25) is 4.72 Å². The predicted octanol–water partition coefficient (Wildman–Crippen LogP) is 2.82. The van der Waals surface area contributed by atoms with Crippen LogP contribution in [0, 0.1) is 0 Å². The summed E-state index contributed by atoms with van der Waals surface area (Å²) in [7, 11) is -4.07. The van der Waals surface area contributed by atoms with E-state index in [0.717, 1.165) is 6.07 Å². The summed E-state index contributed by atoms with van der Waals surface area (Å²) in [5, 5.41) is -0.870. The van der Waals surface area contributed by atoms with Crippen LogP contribution in [0.5, 0.6) is 0 Å². The van der Waals surface area contributed by atoms with Gasteiger partial charge in [-0.1, -0.05) is 0 Å². The molecule has 0 radical (unpaired) electrons. The molecule has 1 aromatic rings. The smallest absolute Gasteiger partial charge is 0.416 e. The van der Waals surface area contributed by atoms with Gasteiger partial charge in [0, 0.05) is 0 Å². The Morgan fingerprint density at radius 2 is 2.00 bits per heavy atom. The molecule has 0 aromatic heterocycles. The van der Waals surface area contributed by atoms with Crippen molar-refractivity contribution in [2.45, 2.75) is 13.1 Å². The summed E-state index contributed by atoms with van der Waals surface area (Å²) in [6, 6.07) is 2.01. The van der Waals surface area contributed by atoms with E-state index in [2.05, 4.69) is 4.74 Å². The first kappa shape index (κ1) is 17.6. The molecule has 0 atom stereocenters. The molecule has 21 heavy (non-hydrogen) atoms. The highest BCUT2D eigenvalue weighted by atomic mass is 35.5. The topological polar surface area (TPSA) is 72.5 Å². The van der Waals surface area contributed by atoms with Crippen molar-refractivity contribution < 1.29 is 31.1 Å². The lowest BCUT2D eigenvalue weighted by Crippen LogP contribution is -2.18. The minimum Gasteiger partial charge on any atom is -0.462 e. The van der Waals surface area contributed by atoms with Gasteiger partial charge in [0.05, 0.1) is 23.4 Å². The molecule has 1 aromatic carbocycles. The summed E-state index contributed by atoms with van der Waals surface area (Å²) in [5.41, 5.74) is -1.98. The highest BCUT2D eigenvalue weighted by Gasteiger charge is 2.32. The van der Waals surface area contributed by atoms with E-state index in [-0.39, 0.29) is 12.2 Å². The van der Waals surface area contributed by atoms with Crippen LogP contribution in [0.4, 0.5) is 18.9 Å².